The summed E-state index contributed by atoms with van der Waals surface area (Å²) in [4.78, 5) is 0. The molecule has 4 rings (SSSR count). The van der Waals surface area contributed by atoms with Crippen LogP contribution in [0.4, 0.5) is 13.2 Å². The van der Waals surface area contributed by atoms with E-state index >= 15 is 0 Å². The van der Waals surface area contributed by atoms with Crippen LogP contribution < -0.4 is 5.32 Å². The average molecular weight is 289 g/mol. The van der Waals surface area contributed by atoms with Crippen LogP contribution in [0.25, 0.3) is 0 Å². The van der Waals surface area contributed by atoms with Crippen LogP contribution in [0.3, 0.4) is 0 Å². The molecule has 0 aliphatic heterocycles. The summed E-state index contributed by atoms with van der Waals surface area (Å²) < 4.78 is 36.6. The van der Waals surface area contributed by atoms with Crippen molar-refractivity contribution in [3.63, 3.8) is 0 Å². The summed E-state index contributed by atoms with van der Waals surface area (Å²) in [5.41, 5.74) is 1.23. The molecule has 0 heterocycles. The number of rotatable bonds is 4. The van der Waals surface area contributed by atoms with Crippen LogP contribution in [0.1, 0.15) is 58.8 Å². The second kappa shape index (κ2) is 4.37. The first kappa shape index (κ1) is 14.7. The first-order chi connectivity index (χ1) is 9.11. The van der Waals surface area contributed by atoms with Gasteiger partial charge in [-0.2, -0.15) is 13.2 Å². The van der Waals surface area contributed by atoms with Crippen LogP contribution in [-0.2, 0) is 0 Å². The van der Waals surface area contributed by atoms with Crippen molar-refractivity contribution in [2.24, 2.45) is 22.2 Å². The number of hydrogen-bond acceptors (Lipinski definition) is 1. The minimum Gasteiger partial charge on any atom is -0.309 e. The molecule has 2 unspecified atom stereocenters. The maximum atomic E-state index is 12.2. The fourth-order valence-electron chi connectivity index (χ4n) is 6.55. The molecule has 1 N–H and O–H groups in total. The molecular weight excluding hydrogens is 263 g/mol. The van der Waals surface area contributed by atoms with Crippen molar-refractivity contribution < 1.29 is 13.2 Å². The quantitative estimate of drug-likeness (QED) is 0.750. The van der Waals surface area contributed by atoms with Crippen molar-refractivity contribution in [1.82, 2.24) is 5.32 Å². The van der Waals surface area contributed by atoms with Crippen molar-refractivity contribution in [2.75, 3.05) is 13.1 Å². The van der Waals surface area contributed by atoms with Crippen LogP contribution in [0.2, 0.25) is 0 Å². The maximum absolute atomic E-state index is 12.2. The molecule has 4 aliphatic carbocycles. The Morgan fingerprint density at radius 3 is 2.10 bits per heavy atom. The minimum atomic E-state index is -4.08. The van der Waals surface area contributed by atoms with E-state index in [4.69, 9.17) is 0 Å². The molecule has 0 radical (unpaired) electrons. The molecule has 0 aromatic rings. The monoisotopic (exact) mass is 289 g/mol. The predicted octanol–water partition coefficient (Wildman–Crippen LogP) is 4.53. The predicted molar refractivity (Wildman–Crippen MR) is 73.4 cm³/mol. The van der Waals surface area contributed by atoms with Gasteiger partial charge in [-0.05, 0) is 73.7 Å². The van der Waals surface area contributed by atoms with Crippen LogP contribution in [0, 0.1) is 22.2 Å². The highest BCUT2D eigenvalue weighted by atomic mass is 19.4. The molecule has 4 heteroatoms. The molecule has 2 atom stereocenters. The normalized spacial score (nSPS) is 47.0. The zero-order chi connectivity index (χ0) is 14.6. The number of halogens is 3. The van der Waals surface area contributed by atoms with E-state index in [0.29, 0.717) is 22.8 Å². The lowest BCUT2D eigenvalue weighted by Crippen LogP contribution is -2.55. The van der Waals surface area contributed by atoms with Gasteiger partial charge in [-0.1, -0.05) is 13.8 Å². The lowest BCUT2D eigenvalue weighted by Gasteiger charge is -2.65. The van der Waals surface area contributed by atoms with Crippen molar-refractivity contribution >= 4 is 0 Å². The van der Waals surface area contributed by atoms with E-state index in [1.165, 1.54) is 38.5 Å². The molecule has 0 aromatic carbocycles. The van der Waals surface area contributed by atoms with Crippen molar-refractivity contribution in [3.05, 3.63) is 0 Å². The Balaban J connectivity index is 1.61. The van der Waals surface area contributed by atoms with Gasteiger partial charge in [0.25, 0.3) is 0 Å². The van der Waals surface area contributed by atoms with Crippen LogP contribution >= 0.6 is 0 Å². The summed E-state index contributed by atoms with van der Waals surface area (Å²) >= 11 is 0. The third-order valence-electron chi connectivity index (χ3n) is 5.90. The molecule has 0 aromatic heterocycles. The molecular formula is C16H26F3N. The van der Waals surface area contributed by atoms with Gasteiger partial charge < -0.3 is 5.32 Å². The molecule has 1 nitrogen and oxygen atoms in total. The van der Waals surface area contributed by atoms with Crippen LogP contribution in [0.5, 0.6) is 0 Å². The first-order valence-electron chi connectivity index (χ1n) is 7.89. The minimum absolute atomic E-state index is 0.321. The number of nitrogens with one attached hydrogen (secondary N) is 1. The SMILES string of the molecule is CC12CC3CC(C)(C1)CC(CCNCC(F)(F)F)(C3)C2. The van der Waals surface area contributed by atoms with E-state index in [0.717, 1.165) is 12.3 Å². The van der Waals surface area contributed by atoms with Gasteiger partial charge in [-0.3, -0.25) is 0 Å². The topological polar surface area (TPSA) is 12.0 Å². The smallest absolute Gasteiger partial charge is 0.309 e. The van der Waals surface area contributed by atoms with Gasteiger partial charge in [0.2, 0.25) is 0 Å². The van der Waals surface area contributed by atoms with Gasteiger partial charge in [0.05, 0.1) is 6.54 Å². The van der Waals surface area contributed by atoms with Crippen molar-refractivity contribution in [1.29, 1.82) is 0 Å². The molecule has 4 bridgehead atoms. The number of hydrogen-bond donors (Lipinski definition) is 1. The summed E-state index contributed by atoms with van der Waals surface area (Å²) in [5, 5.41) is 2.60. The summed E-state index contributed by atoms with van der Waals surface area (Å²) in [5.74, 6) is 0.823. The molecule has 20 heavy (non-hydrogen) atoms. The largest absolute Gasteiger partial charge is 0.401 e. The molecule has 116 valence electrons. The fraction of sp³-hybridized carbons (Fsp3) is 1.00. The highest BCUT2D eigenvalue weighted by Gasteiger charge is 2.59. The van der Waals surface area contributed by atoms with Gasteiger partial charge >= 0.3 is 6.18 Å². The van der Waals surface area contributed by atoms with Gasteiger partial charge in [0, 0.05) is 0 Å². The molecule has 0 amide bonds. The maximum Gasteiger partial charge on any atom is 0.401 e. The van der Waals surface area contributed by atoms with E-state index in [1.54, 1.807) is 0 Å². The molecule has 0 spiro atoms. The highest BCUT2D eigenvalue weighted by Crippen LogP contribution is 2.70. The Morgan fingerprint density at radius 2 is 1.60 bits per heavy atom. The summed E-state index contributed by atoms with van der Waals surface area (Å²) in [6.45, 7) is 4.49. The Bertz CT molecular complexity index is 372. The van der Waals surface area contributed by atoms with Gasteiger partial charge in [-0.25, -0.2) is 0 Å². The van der Waals surface area contributed by atoms with Crippen molar-refractivity contribution in [3.8, 4) is 0 Å². The third-order valence-corrected chi connectivity index (χ3v) is 5.90. The van der Waals surface area contributed by atoms with E-state index in [9.17, 15) is 13.2 Å². The Labute approximate surface area is 119 Å². The van der Waals surface area contributed by atoms with E-state index in [2.05, 4.69) is 19.2 Å². The Morgan fingerprint density at radius 1 is 1.00 bits per heavy atom. The van der Waals surface area contributed by atoms with Gasteiger partial charge in [0.1, 0.15) is 0 Å². The summed E-state index contributed by atoms with van der Waals surface area (Å²) in [6.07, 6.45) is 4.59. The average Bonchev–Trinajstić information content (AvgIpc) is 2.17. The fourth-order valence-corrected chi connectivity index (χ4v) is 6.55. The zero-order valence-corrected chi connectivity index (χ0v) is 12.6. The molecule has 4 aliphatic rings. The third kappa shape index (κ3) is 2.86. The van der Waals surface area contributed by atoms with Crippen LogP contribution in [-0.4, -0.2) is 19.3 Å². The van der Waals surface area contributed by atoms with Crippen molar-refractivity contribution in [2.45, 2.75) is 65.0 Å². The molecule has 0 saturated heterocycles. The summed E-state index contributed by atoms with van der Waals surface area (Å²) in [7, 11) is 0. The standard InChI is InChI=1S/C16H26F3N/c1-13-5-12-6-14(2,8-13)10-15(7-12,9-13)3-4-20-11-16(17,18)19/h12,20H,3-11H2,1-2H3. The molecule has 4 saturated carbocycles. The Hall–Kier alpha value is -0.250. The van der Waals surface area contributed by atoms with Crippen LogP contribution in [0.15, 0.2) is 0 Å². The number of alkyl halides is 3. The lowest BCUT2D eigenvalue weighted by molar-refractivity contribution is -0.149. The van der Waals surface area contributed by atoms with E-state index < -0.39 is 12.7 Å². The van der Waals surface area contributed by atoms with E-state index in [1.807, 2.05) is 0 Å². The molecule has 4 fully saturated rings. The zero-order valence-electron chi connectivity index (χ0n) is 12.6. The Kier molecular flexibility index (Phi) is 3.21. The first-order valence-corrected chi connectivity index (χ1v) is 7.89. The highest BCUT2D eigenvalue weighted by molar-refractivity contribution is 5.10. The second-order valence-corrected chi connectivity index (χ2v) is 8.67. The summed E-state index contributed by atoms with van der Waals surface area (Å²) in [6, 6.07) is 0. The van der Waals surface area contributed by atoms with Gasteiger partial charge in [0.15, 0.2) is 0 Å². The van der Waals surface area contributed by atoms with E-state index in [-0.39, 0.29) is 0 Å². The lowest BCUT2D eigenvalue weighted by atomic mass is 9.40. The van der Waals surface area contributed by atoms with Gasteiger partial charge in [-0.15, -0.1) is 0 Å². The second-order valence-electron chi connectivity index (χ2n) is 8.67.